The SMILES string of the molecule is CC(O)(CCO)CC(=O)OC(CC(=O)O)C[N+](C)(C)C. The van der Waals surface area contributed by atoms with E-state index < -0.39 is 23.6 Å². The molecule has 0 saturated heterocycles. The van der Waals surface area contributed by atoms with Crippen molar-refractivity contribution in [2.75, 3.05) is 34.3 Å². The largest absolute Gasteiger partial charge is 0.481 e. The standard InChI is InChI=1S/C13H25NO6/c1-13(19,5-6-15)8-12(18)20-10(7-11(16)17)9-14(2,3)4/h10,15,19H,5-9H2,1-4H3/p+1. The number of likely N-dealkylation sites (N-methyl/N-ethyl adjacent to an activating group) is 1. The molecule has 0 aliphatic heterocycles. The molecule has 0 fully saturated rings. The van der Waals surface area contributed by atoms with Crippen LogP contribution in [0.15, 0.2) is 0 Å². The third-order valence-electron chi connectivity index (χ3n) is 2.63. The molecule has 0 aliphatic rings. The minimum atomic E-state index is -1.35. The zero-order chi connectivity index (χ0) is 16.0. The van der Waals surface area contributed by atoms with Crippen LogP contribution in [0.2, 0.25) is 0 Å². The predicted molar refractivity (Wildman–Crippen MR) is 72.0 cm³/mol. The summed E-state index contributed by atoms with van der Waals surface area (Å²) in [4.78, 5) is 22.5. The molecule has 0 amide bonds. The summed E-state index contributed by atoms with van der Waals surface area (Å²) in [7, 11) is 5.60. The first-order valence-corrected chi connectivity index (χ1v) is 6.50. The average Bonchev–Trinajstić information content (AvgIpc) is 2.10. The van der Waals surface area contributed by atoms with Crippen LogP contribution in [0.3, 0.4) is 0 Å². The molecule has 7 heteroatoms. The van der Waals surface area contributed by atoms with E-state index in [1.807, 2.05) is 21.1 Å². The van der Waals surface area contributed by atoms with Gasteiger partial charge in [-0.1, -0.05) is 0 Å². The van der Waals surface area contributed by atoms with Gasteiger partial charge in [0.05, 0.1) is 39.6 Å². The molecule has 0 aliphatic carbocycles. The Kier molecular flexibility index (Phi) is 7.12. The number of carbonyl (C=O) groups excluding carboxylic acids is 1. The number of hydrogen-bond donors (Lipinski definition) is 3. The van der Waals surface area contributed by atoms with Gasteiger partial charge in [0.1, 0.15) is 6.54 Å². The molecule has 0 saturated carbocycles. The van der Waals surface area contributed by atoms with Gasteiger partial charge in [0.25, 0.3) is 0 Å². The second-order valence-corrected chi connectivity index (χ2v) is 6.33. The number of rotatable bonds is 9. The quantitative estimate of drug-likeness (QED) is 0.395. The highest BCUT2D eigenvalue weighted by molar-refractivity contribution is 5.72. The molecule has 0 radical (unpaired) electrons. The van der Waals surface area contributed by atoms with Gasteiger partial charge in [-0.05, 0) is 13.3 Å². The Morgan fingerprint density at radius 1 is 1.30 bits per heavy atom. The van der Waals surface area contributed by atoms with E-state index in [0.29, 0.717) is 11.0 Å². The van der Waals surface area contributed by atoms with Crippen LogP contribution in [0.5, 0.6) is 0 Å². The van der Waals surface area contributed by atoms with Gasteiger partial charge in [0.15, 0.2) is 6.10 Å². The number of carbonyl (C=O) groups is 2. The van der Waals surface area contributed by atoms with E-state index in [-0.39, 0.29) is 25.9 Å². The number of aliphatic hydroxyl groups is 2. The normalized spacial score (nSPS) is 16.3. The Morgan fingerprint density at radius 2 is 1.85 bits per heavy atom. The van der Waals surface area contributed by atoms with Crippen LogP contribution in [0, 0.1) is 0 Å². The van der Waals surface area contributed by atoms with Crippen molar-refractivity contribution in [2.24, 2.45) is 0 Å². The number of hydrogen-bond acceptors (Lipinski definition) is 5. The van der Waals surface area contributed by atoms with Crippen molar-refractivity contribution in [3.05, 3.63) is 0 Å². The smallest absolute Gasteiger partial charge is 0.309 e. The Bertz CT molecular complexity index is 334. The number of carboxylic acid groups (broad SMARTS) is 1. The van der Waals surface area contributed by atoms with Crippen LogP contribution in [-0.4, -0.2) is 77.7 Å². The van der Waals surface area contributed by atoms with Crippen molar-refractivity contribution < 1.29 is 34.1 Å². The van der Waals surface area contributed by atoms with Gasteiger partial charge in [-0.15, -0.1) is 0 Å². The second-order valence-electron chi connectivity index (χ2n) is 6.33. The number of carboxylic acids is 1. The molecule has 0 aromatic carbocycles. The van der Waals surface area contributed by atoms with E-state index in [9.17, 15) is 14.7 Å². The minimum absolute atomic E-state index is 0.0566. The average molecular weight is 292 g/mol. The summed E-state index contributed by atoms with van der Waals surface area (Å²) >= 11 is 0. The molecule has 0 spiro atoms. The van der Waals surface area contributed by atoms with Crippen LogP contribution in [0.25, 0.3) is 0 Å². The van der Waals surface area contributed by atoms with E-state index in [1.165, 1.54) is 6.92 Å². The van der Waals surface area contributed by atoms with Gasteiger partial charge >= 0.3 is 11.9 Å². The monoisotopic (exact) mass is 292 g/mol. The lowest BCUT2D eigenvalue weighted by Crippen LogP contribution is -2.44. The molecule has 0 heterocycles. The molecule has 0 bridgehead atoms. The van der Waals surface area contributed by atoms with Crippen LogP contribution in [0.1, 0.15) is 26.2 Å². The van der Waals surface area contributed by atoms with Crippen molar-refractivity contribution in [1.82, 2.24) is 0 Å². The van der Waals surface area contributed by atoms with Gasteiger partial charge in [-0.2, -0.15) is 0 Å². The maximum Gasteiger partial charge on any atom is 0.309 e. The summed E-state index contributed by atoms with van der Waals surface area (Å²) in [5.41, 5.74) is -1.35. The third kappa shape index (κ3) is 9.71. The minimum Gasteiger partial charge on any atom is -0.481 e. The van der Waals surface area contributed by atoms with Crippen molar-refractivity contribution >= 4 is 11.9 Å². The van der Waals surface area contributed by atoms with Crippen molar-refractivity contribution in [2.45, 2.75) is 37.9 Å². The Morgan fingerprint density at radius 3 is 2.25 bits per heavy atom. The van der Waals surface area contributed by atoms with E-state index in [4.69, 9.17) is 14.9 Å². The highest BCUT2D eigenvalue weighted by Crippen LogP contribution is 2.16. The Labute approximate surface area is 119 Å². The lowest BCUT2D eigenvalue weighted by molar-refractivity contribution is -0.873. The number of esters is 1. The summed E-state index contributed by atoms with van der Waals surface area (Å²) in [6.07, 6.45) is -1.24. The Hall–Kier alpha value is -1.18. The zero-order valence-electron chi connectivity index (χ0n) is 12.6. The number of aliphatic hydroxyl groups excluding tert-OH is 1. The molecule has 0 aromatic rings. The fourth-order valence-corrected chi connectivity index (χ4v) is 1.82. The maximum atomic E-state index is 11.7. The summed E-state index contributed by atoms with van der Waals surface area (Å²) < 4.78 is 5.60. The van der Waals surface area contributed by atoms with Gasteiger partial charge in [0, 0.05) is 6.61 Å². The summed E-state index contributed by atoms with van der Waals surface area (Å²) in [5.74, 6) is -1.71. The summed E-state index contributed by atoms with van der Waals surface area (Å²) in [5, 5.41) is 27.4. The molecular weight excluding hydrogens is 266 g/mol. The molecule has 2 unspecified atom stereocenters. The maximum absolute atomic E-state index is 11.7. The van der Waals surface area contributed by atoms with E-state index in [1.54, 1.807) is 0 Å². The lowest BCUT2D eigenvalue weighted by Gasteiger charge is -2.29. The molecule has 2 atom stereocenters. The van der Waals surface area contributed by atoms with Crippen LogP contribution in [-0.2, 0) is 14.3 Å². The highest BCUT2D eigenvalue weighted by atomic mass is 16.5. The van der Waals surface area contributed by atoms with E-state index in [2.05, 4.69) is 0 Å². The van der Waals surface area contributed by atoms with E-state index in [0.717, 1.165) is 0 Å². The van der Waals surface area contributed by atoms with Crippen molar-refractivity contribution in [1.29, 1.82) is 0 Å². The lowest BCUT2D eigenvalue weighted by atomic mass is 9.99. The summed E-state index contributed by atoms with van der Waals surface area (Å²) in [6, 6.07) is 0. The fraction of sp³-hybridized carbons (Fsp3) is 0.846. The summed E-state index contributed by atoms with van der Waals surface area (Å²) in [6.45, 7) is 1.55. The number of aliphatic carboxylic acids is 1. The van der Waals surface area contributed by atoms with Gasteiger partial charge in [-0.25, -0.2) is 0 Å². The molecule has 3 N–H and O–H groups in total. The van der Waals surface area contributed by atoms with Crippen molar-refractivity contribution in [3.63, 3.8) is 0 Å². The Balaban J connectivity index is 4.57. The first-order valence-electron chi connectivity index (χ1n) is 6.50. The zero-order valence-corrected chi connectivity index (χ0v) is 12.6. The number of ether oxygens (including phenoxy) is 1. The van der Waals surface area contributed by atoms with Crippen LogP contribution in [0.4, 0.5) is 0 Å². The number of quaternary nitrogens is 1. The first kappa shape index (κ1) is 18.8. The molecule has 20 heavy (non-hydrogen) atoms. The van der Waals surface area contributed by atoms with E-state index >= 15 is 0 Å². The second kappa shape index (κ2) is 7.56. The molecule has 0 rings (SSSR count). The topological polar surface area (TPSA) is 104 Å². The highest BCUT2D eigenvalue weighted by Gasteiger charge is 2.29. The van der Waals surface area contributed by atoms with Crippen LogP contribution >= 0.6 is 0 Å². The molecule has 7 nitrogen and oxygen atoms in total. The molecule has 0 aromatic heterocycles. The third-order valence-corrected chi connectivity index (χ3v) is 2.63. The number of nitrogens with zero attached hydrogens (tertiary/aromatic N) is 1. The van der Waals surface area contributed by atoms with Crippen molar-refractivity contribution in [3.8, 4) is 0 Å². The fourth-order valence-electron chi connectivity index (χ4n) is 1.82. The first-order chi connectivity index (χ1) is 8.95. The van der Waals surface area contributed by atoms with Gasteiger partial charge in [-0.3, -0.25) is 9.59 Å². The van der Waals surface area contributed by atoms with Crippen LogP contribution < -0.4 is 0 Å². The van der Waals surface area contributed by atoms with Gasteiger partial charge in [0.2, 0.25) is 0 Å². The van der Waals surface area contributed by atoms with Gasteiger partial charge < -0.3 is 24.5 Å². The molecular formula is C13H26NO6+. The molecule has 118 valence electrons. The predicted octanol–water partition coefficient (Wildman–Crippen LogP) is -0.397.